The predicted octanol–water partition coefficient (Wildman–Crippen LogP) is 1.39. The molecule has 0 aromatic carbocycles. The lowest BCUT2D eigenvalue weighted by Crippen LogP contribution is -2.44. The van der Waals surface area contributed by atoms with Gasteiger partial charge in [0.25, 0.3) is 5.91 Å². The summed E-state index contributed by atoms with van der Waals surface area (Å²) in [5, 5.41) is 2.56. The zero-order valence-corrected chi connectivity index (χ0v) is 11.3. The lowest BCUT2D eigenvalue weighted by atomic mass is 9.98. The molecule has 1 amide bonds. The van der Waals surface area contributed by atoms with Gasteiger partial charge in [-0.15, -0.1) is 0 Å². The topological polar surface area (TPSA) is 62.3 Å². The van der Waals surface area contributed by atoms with Crippen LogP contribution in [0.5, 0.6) is 0 Å². The van der Waals surface area contributed by atoms with Crippen molar-refractivity contribution in [3.8, 4) is 0 Å². The monoisotopic (exact) mass is 261 g/mol. The van der Waals surface area contributed by atoms with E-state index in [0.29, 0.717) is 5.69 Å². The van der Waals surface area contributed by atoms with Gasteiger partial charge in [0, 0.05) is 25.5 Å². The molecule has 19 heavy (non-hydrogen) atoms. The molecule has 0 bridgehead atoms. The third-order valence-corrected chi connectivity index (χ3v) is 3.51. The summed E-state index contributed by atoms with van der Waals surface area (Å²) in [5.41, 5.74) is 1.28. The van der Waals surface area contributed by atoms with Crippen LogP contribution in [0.25, 0.3) is 0 Å². The number of ketones is 1. The molecule has 2 rings (SSSR count). The van der Waals surface area contributed by atoms with Gasteiger partial charge in [0.05, 0.1) is 6.04 Å². The Bertz CT molecular complexity index is 487. The van der Waals surface area contributed by atoms with Crippen molar-refractivity contribution in [3.63, 3.8) is 0 Å². The first kappa shape index (κ1) is 13.5. The zero-order chi connectivity index (χ0) is 13.8. The number of nitrogens with zero attached hydrogens (tertiary/aromatic N) is 2. The van der Waals surface area contributed by atoms with Gasteiger partial charge in [-0.05, 0) is 38.3 Å². The van der Waals surface area contributed by atoms with Crippen LogP contribution in [0.4, 0.5) is 5.69 Å². The second-order valence-electron chi connectivity index (χ2n) is 4.79. The molecule has 1 N–H and O–H groups in total. The van der Waals surface area contributed by atoms with Crippen molar-refractivity contribution in [2.75, 3.05) is 18.5 Å². The molecule has 0 radical (unpaired) electrons. The molecule has 2 heterocycles. The van der Waals surface area contributed by atoms with Crippen molar-refractivity contribution >= 4 is 17.4 Å². The Hall–Kier alpha value is -1.91. The summed E-state index contributed by atoms with van der Waals surface area (Å²) in [7, 11) is 1.58. The highest BCUT2D eigenvalue weighted by Crippen LogP contribution is 2.25. The first-order chi connectivity index (χ1) is 9.13. The standard InChI is InChI=1S/C14H19N3O2/c1-10(18)13-5-3-4-8-17(13)11-6-7-16-12(9-11)14(19)15-2/h6-7,9,13H,3-5,8H2,1-2H3,(H,15,19). The van der Waals surface area contributed by atoms with Crippen LogP contribution >= 0.6 is 0 Å². The van der Waals surface area contributed by atoms with Gasteiger partial charge < -0.3 is 10.2 Å². The van der Waals surface area contributed by atoms with E-state index in [4.69, 9.17) is 0 Å². The summed E-state index contributed by atoms with van der Waals surface area (Å²) >= 11 is 0. The molecule has 5 heteroatoms. The third-order valence-electron chi connectivity index (χ3n) is 3.51. The average molecular weight is 261 g/mol. The number of carbonyl (C=O) groups is 2. The minimum absolute atomic E-state index is 0.0753. The van der Waals surface area contributed by atoms with Crippen LogP contribution in [0.3, 0.4) is 0 Å². The largest absolute Gasteiger partial charge is 0.361 e. The van der Waals surface area contributed by atoms with Crippen LogP contribution in [0.15, 0.2) is 18.3 Å². The van der Waals surface area contributed by atoms with Gasteiger partial charge in [0.15, 0.2) is 5.78 Å². The highest BCUT2D eigenvalue weighted by Gasteiger charge is 2.26. The fourth-order valence-electron chi connectivity index (χ4n) is 2.51. The molecule has 0 aliphatic carbocycles. The molecule has 1 unspecified atom stereocenters. The number of pyridine rings is 1. The van der Waals surface area contributed by atoms with E-state index in [1.54, 1.807) is 26.2 Å². The Morgan fingerprint density at radius 2 is 2.21 bits per heavy atom. The van der Waals surface area contributed by atoms with Crippen molar-refractivity contribution < 1.29 is 9.59 Å². The number of amides is 1. The summed E-state index contributed by atoms with van der Waals surface area (Å²) in [4.78, 5) is 29.5. The second kappa shape index (κ2) is 5.82. The lowest BCUT2D eigenvalue weighted by molar-refractivity contribution is -0.118. The lowest BCUT2D eigenvalue weighted by Gasteiger charge is -2.36. The summed E-state index contributed by atoms with van der Waals surface area (Å²) in [6.07, 6.45) is 4.65. The highest BCUT2D eigenvalue weighted by atomic mass is 16.1. The normalized spacial score (nSPS) is 19.1. The van der Waals surface area contributed by atoms with E-state index in [2.05, 4.69) is 15.2 Å². The number of aromatic nitrogens is 1. The number of hydrogen-bond acceptors (Lipinski definition) is 4. The van der Waals surface area contributed by atoms with E-state index >= 15 is 0 Å². The molecule has 1 aromatic rings. The molecule has 1 aromatic heterocycles. The van der Waals surface area contributed by atoms with Crippen LogP contribution in [0.2, 0.25) is 0 Å². The van der Waals surface area contributed by atoms with E-state index in [-0.39, 0.29) is 17.7 Å². The van der Waals surface area contributed by atoms with Crippen molar-refractivity contribution in [3.05, 3.63) is 24.0 Å². The molecule has 1 saturated heterocycles. The van der Waals surface area contributed by atoms with E-state index < -0.39 is 0 Å². The number of anilines is 1. The number of hydrogen-bond donors (Lipinski definition) is 1. The fraction of sp³-hybridized carbons (Fsp3) is 0.500. The second-order valence-corrected chi connectivity index (χ2v) is 4.79. The Labute approximate surface area is 113 Å². The molecule has 0 saturated carbocycles. The Morgan fingerprint density at radius 1 is 1.42 bits per heavy atom. The summed E-state index contributed by atoms with van der Waals surface area (Å²) < 4.78 is 0. The summed E-state index contributed by atoms with van der Waals surface area (Å²) in [5.74, 6) is -0.0313. The Balaban J connectivity index is 2.29. The van der Waals surface area contributed by atoms with Crippen molar-refractivity contribution in [2.45, 2.75) is 32.2 Å². The Morgan fingerprint density at radius 3 is 2.89 bits per heavy atom. The van der Waals surface area contributed by atoms with Crippen LogP contribution in [-0.2, 0) is 4.79 Å². The van der Waals surface area contributed by atoms with Gasteiger partial charge in [-0.3, -0.25) is 14.6 Å². The first-order valence-electron chi connectivity index (χ1n) is 6.58. The van der Waals surface area contributed by atoms with Crippen molar-refractivity contribution in [1.29, 1.82) is 0 Å². The molecular formula is C14H19N3O2. The van der Waals surface area contributed by atoms with Crippen LogP contribution < -0.4 is 10.2 Å². The molecule has 1 aliphatic heterocycles. The summed E-state index contributed by atoms with van der Waals surface area (Å²) in [6.45, 7) is 2.48. The van der Waals surface area contributed by atoms with Crippen LogP contribution in [-0.4, -0.2) is 36.3 Å². The molecular weight excluding hydrogens is 242 g/mol. The fourth-order valence-corrected chi connectivity index (χ4v) is 2.51. The molecule has 1 fully saturated rings. The first-order valence-corrected chi connectivity index (χ1v) is 6.58. The zero-order valence-electron chi connectivity index (χ0n) is 11.3. The van der Waals surface area contributed by atoms with Gasteiger partial charge in [0.2, 0.25) is 0 Å². The van der Waals surface area contributed by atoms with E-state index in [1.807, 2.05) is 6.07 Å². The maximum absolute atomic E-state index is 11.7. The minimum Gasteiger partial charge on any atom is -0.361 e. The quantitative estimate of drug-likeness (QED) is 0.893. The SMILES string of the molecule is CNC(=O)c1cc(N2CCCCC2C(C)=O)ccn1. The van der Waals surface area contributed by atoms with Gasteiger partial charge in [-0.2, -0.15) is 0 Å². The molecule has 1 aliphatic rings. The van der Waals surface area contributed by atoms with Crippen molar-refractivity contribution in [1.82, 2.24) is 10.3 Å². The van der Waals surface area contributed by atoms with E-state index in [1.165, 1.54) is 0 Å². The number of piperidine rings is 1. The van der Waals surface area contributed by atoms with Crippen molar-refractivity contribution in [2.24, 2.45) is 0 Å². The minimum atomic E-state index is -0.210. The number of Topliss-reactive ketones (excluding diaryl/α,β-unsaturated/α-hetero) is 1. The smallest absolute Gasteiger partial charge is 0.269 e. The van der Waals surface area contributed by atoms with Gasteiger partial charge in [-0.25, -0.2) is 0 Å². The van der Waals surface area contributed by atoms with E-state index in [0.717, 1.165) is 31.5 Å². The molecule has 1 atom stereocenters. The maximum atomic E-state index is 11.7. The van der Waals surface area contributed by atoms with Crippen LogP contribution in [0, 0.1) is 0 Å². The van der Waals surface area contributed by atoms with Gasteiger partial charge in [-0.1, -0.05) is 0 Å². The maximum Gasteiger partial charge on any atom is 0.269 e. The Kier molecular flexibility index (Phi) is 4.14. The molecule has 102 valence electrons. The number of rotatable bonds is 3. The highest BCUT2D eigenvalue weighted by molar-refractivity contribution is 5.93. The van der Waals surface area contributed by atoms with Gasteiger partial charge >= 0.3 is 0 Å². The van der Waals surface area contributed by atoms with E-state index in [9.17, 15) is 9.59 Å². The molecule has 5 nitrogen and oxygen atoms in total. The summed E-state index contributed by atoms with van der Waals surface area (Å²) in [6, 6.07) is 3.53. The third kappa shape index (κ3) is 2.92. The molecule has 0 spiro atoms. The predicted molar refractivity (Wildman–Crippen MR) is 73.3 cm³/mol. The number of nitrogens with one attached hydrogen (secondary N) is 1. The number of carbonyl (C=O) groups excluding carboxylic acids is 2. The average Bonchev–Trinajstić information content (AvgIpc) is 2.46. The van der Waals surface area contributed by atoms with Crippen LogP contribution in [0.1, 0.15) is 36.7 Å². The van der Waals surface area contributed by atoms with Gasteiger partial charge in [0.1, 0.15) is 5.69 Å².